The van der Waals surface area contributed by atoms with E-state index in [4.69, 9.17) is 0 Å². The predicted octanol–water partition coefficient (Wildman–Crippen LogP) is 3.17. The molecule has 0 saturated heterocycles. The van der Waals surface area contributed by atoms with Gasteiger partial charge in [-0.2, -0.15) is 0 Å². The van der Waals surface area contributed by atoms with Crippen molar-refractivity contribution in [2.24, 2.45) is 0 Å². The number of benzene rings is 1. The Morgan fingerprint density at radius 3 is 2.62 bits per heavy atom. The molecule has 0 bridgehead atoms. The molecule has 1 rings (SSSR count). The highest BCUT2D eigenvalue weighted by Gasteiger charge is 2.06. The van der Waals surface area contributed by atoms with E-state index < -0.39 is 0 Å². The van der Waals surface area contributed by atoms with Gasteiger partial charge in [0.25, 0.3) is 0 Å². The molecule has 0 N–H and O–H groups in total. The van der Waals surface area contributed by atoms with E-state index in [9.17, 15) is 4.79 Å². The highest BCUT2D eigenvalue weighted by Crippen LogP contribution is 2.27. The molecule has 0 aliphatic heterocycles. The maximum atomic E-state index is 11.3. The van der Waals surface area contributed by atoms with Crippen LogP contribution < -0.4 is 0 Å². The first kappa shape index (κ1) is 10.4. The third kappa shape index (κ3) is 2.94. The minimum Gasteiger partial charge on any atom is -0.282 e. The van der Waals surface area contributed by atoms with Crippen LogP contribution in [0, 0.1) is 0 Å². The van der Waals surface area contributed by atoms with Gasteiger partial charge in [-0.15, -0.1) is 12.6 Å². The fraction of sp³-hybridized carbons (Fsp3) is 0.100. The van der Waals surface area contributed by atoms with E-state index >= 15 is 0 Å². The van der Waals surface area contributed by atoms with Gasteiger partial charge in [-0.25, -0.2) is 0 Å². The van der Waals surface area contributed by atoms with Crippen LogP contribution in [0.15, 0.2) is 46.2 Å². The van der Waals surface area contributed by atoms with E-state index in [1.807, 2.05) is 24.3 Å². The van der Waals surface area contributed by atoms with Crippen LogP contribution in [0.3, 0.4) is 0 Å². The Morgan fingerprint density at radius 2 is 2.08 bits per heavy atom. The van der Waals surface area contributed by atoms with Gasteiger partial charge in [0.2, 0.25) is 5.12 Å². The van der Waals surface area contributed by atoms with Gasteiger partial charge in [-0.3, -0.25) is 4.79 Å². The number of carbonyl (C=O) groups excluding carboxylic acids is 1. The van der Waals surface area contributed by atoms with Crippen molar-refractivity contribution in [2.45, 2.75) is 16.7 Å². The van der Waals surface area contributed by atoms with Crippen LogP contribution in [0.25, 0.3) is 0 Å². The Morgan fingerprint density at radius 1 is 1.46 bits per heavy atom. The van der Waals surface area contributed by atoms with E-state index in [0.29, 0.717) is 5.57 Å². The highest BCUT2D eigenvalue weighted by atomic mass is 32.2. The SMILES string of the molecule is C=C(C)C(=O)Sc1ccccc1S. The zero-order chi connectivity index (χ0) is 9.84. The summed E-state index contributed by atoms with van der Waals surface area (Å²) < 4.78 is 0. The van der Waals surface area contributed by atoms with E-state index in [1.165, 1.54) is 0 Å². The van der Waals surface area contributed by atoms with E-state index in [-0.39, 0.29) is 5.12 Å². The third-order valence-corrected chi connectivity index (χ3v) is 3.07. The first-order valence-electron chi connectivity index (χ1n) is 3.77. The highest BCUT2D eigenvalue weighted by molar-refractivity contribution is 8.14. The van der Waals surface area contributed by atoms with Crippen molar-refractivity contribution < 1.29 is 4.79 Å². The summed E-state index contributed by atoms with van der Waals surface area (Å²) >= 11 is 5.40. The fourth-order valence-electron chi connectivity index (χ4n) is 0.730. The maximum absolute atomic E-state index is 11.3. The van der Waals surface area contributed by atoms with E-state index in [1.54, 1.807) is 6.92 Å². The van der Waals surface area contributed by atoms with Crippen molar-refractivity contribution in [1.29, 1.82) is 0 Å². The van der Waals surface area contributed by atoms with E-state index in [2.05, 4.69) is 19.2 Å². The van der Waals surface area contributed by atoms with Crippen molar-refractivity contribution in [2.75, 3.05) is 0 Å². The second kappa shape index (κ2) is 4.53. The maximum Gasteiger partial charge on any atom is 0.219 e. The number of hydrogen-bond acceptors (Lipinski definition) is 3. The summed E-state index contributed by atoms with van der Waals surface area (Å²) in [6.45, 7) is 5.29. The van der Waals surface area contributed by atoms with Gasteiger partial charge in [0.15, 0.2) is 0 Å². The molecule has 1 nitrogen and oxygen atoms in total. The molecule has 1 aromatic carbocycles. The fourth-order valence-corrected chi connectivity index (χ4v) is 1.72. The van der Waals surface area contributed by atoms with Crippen molar-refractivity contribution in [3.63, 3.8) is 0 Å². The summed E-state index contributed by atoms with van der Waals surface area (Å²) in [5, 5.41) is -0.0125. The molecule has 0 aliphatic rings. The number of rotatable bonds is 2. The summed E-state index contributed by atoms with van der Waals surface area (Å²) in [6, 6.07) is 7.50. The van der Waals surface area contributed by atoms with Gasteiger partial charge in [-0.05, 0) is 36.4 Å². The number of hydrogen-bond donors (Lipinski definition) is 1. The lowest BCUT2D eigenvalue weighted by atomic mass is 10.4. The van der Waals surface area contributed by atoms with Crippen LogP contribution >= 0.6 is 24.4 Å². The lowest BCUT2D eigenvalue weighted by Crippen LogP contribution is -1.91. The Balaban J connectivity index is 2.81. The predicted molar refractivity (Wildman–Crippen MR) is 59.4 cm³/mol. The Labute approximate surface area is 87.6 Å². The van der Waals surface area contributed by atoms with Gasteiger partial charge >= 0.3 is 0 Å². The lowest BCUT2D eigenvalue weighted by molar-refractivity contribution is -0.107. The minimum absolute atomic E-state index is 0.0125. The average molecular weight is 210 g/mol. The Bertz CT molecular complexity index is 345. The number of thiol groups is 1. The van der Waals surface area contributed by atoms with Crippen molar-refractivity contribution in [3.8, 4) is 0 Å². The second-order valence-corrected chi connectivity index (χ2v) is 4.13. The van der Waals surface area contributed by atoms with Gasteiger partial charge < -0.3 is 0 Å². The summed E-state index contributed by atoms with van der Waals surface area (Å²) in [4.78, 5) is 13.0. The van der Waals surface area contributed by atoms with E-state index in [0.717, 1.165) is 21.6 Å². The minimum atomic E-state index is -0.0125. The lowest BCUT2D eigenvalue weighted by Gasteiger charge is -2.02. The van der Waals surface area contributed by atoms with Crippen molar-refractivity contribution >= 4 is 29.5 Å². The second-order valence-electron chi connectivity index (χ2n) is 2.64. The molecular formula is C10H10OS2. The van der Waals surface area contributed by atoms with Crippen LogP contribution in [0.1, 0.15) is 6.92 Å². The molecule has 68 valence electrons. The molecule has 0 unspecified atom stereocenters. The van der Waals surface area contributed by atoms with Gasteiger partial charge in [0.1, 0.15) is 0 Å². The molecule has 0 radical (unpaired) electrons. The molecule has 3 heteroatoms. The van der Waals surface area contributed by atoms with Crippen LogP contribution in [-0.4, -0.2) is 5.12 Å². The average Bonchev–Trinajstić information content (AvgIpc) is 2.08. The first-order valence-corrected chi connectivity index (χ1v) is 5.03. The third-order valence-electron chi connectivity index (χ3n) is 1.42. The zero-order valence-electron chi connectivity index (χ0n) is 7.28. The Kier molecular flexibility index (Phi) is 3.63. The largest absolute Gasteiger partial charge is 0.282 e. The molecule has 0 aromatic heterocycles. The van der Waals surface area contributed by atoms with Crippen LogP contribution in [-0.2, 0) is 4.79 Å². The molecular weight excluding hydrogens is 200 g/mol. The molecule has 0 saturated carbocycles. The quantitative estimate of drug-likeness (QED) is 0.459. The molecule has 0 heterocycles. The molecule has 0 amide bonds. The van der Waals surface area contributed by atoms with Crippen LogP contribution in [0.5, 0.6) is 0 Å². The topological polar surface area (TPSA) is 17.1 Å². The standard InChI is InChI=1S/C10H10OS2/c1-7(2)10(11)13-9-6-4-3-5-8(9)12/h3-6,12H,1H2,2H3. The molecule has 13 heavy (non-hydrogen) atoms. The van der Waals surface area contributed by atoms with Crippen molar-refractivity contribution in [1.82, 2.24) is 0 Å². The summed E-state index contributed by atoms with van der Waals surface area (Å²) in [5.41, 5.74) is 0.557. The summed E-state index contributed by atoms with van der Waals surface area (Å²) in [6.07, 6.45) is 0. The van der Waals surface area contributed by atoms with Crippen LogP contribution in [0.4, 0.5) is 0 Å². The molecule has 1 aromatic rings. The number of thioether (sulfide) groups is 1. The van der Waals surface area contributed by atoms with Gasteiger partial charge in [0, 0.05) is 9.79 Å². The molecule has 0 aliphatic carbocycles. The first-order chi connectivity index (χ1) is 6.11. The van der Waals surface area contributed by atoms with Gasteiger partial charge in [-0.1, -0.05) is 18.7 Å². The summed E-state index contributed by atoms with van der Waals surface area (Å²) in [5.74, 6) is 0. The van der Waals surface area contributed by atoms with Gasteiger partial charge in [0.05, 0.1) is 0 Å². The normalized spacial score (nSPS) is 9.69. The Hall–Kier alpha value is -0.670. The molecule has 0 spiro atoms. The zero-order valence-corrected chi connectivity index (χ0v) is 8.99. The number of carbonyl (C=O) groups is 1. The molecule has 0 atom stereocenters. The summed E-state index contributed by atoms with van der Waals surface area (Å²) in [7, 11) is 0. The van der Waals surface area contributed by atoms with Crippen molar-refractivity contribution in [3.05, 3.63) is 36.4 Å². The molecule has 0 fully saturated rings. The smallest absolute Gasteiger partial charge is 0.219 e. The van der Waals surface area contributed by atoms with Crippen LogP contribution in [0.2, 0.25) is 0 Å². The monoisotopic (exact) mass is 210 g/mol.